The molecular formula is C24H23N3O5. The fourth-order valence-corrected chi connectivity index (χ4v) is 3.67. The molecule has 3 amide bonds. The lowest BCUT2D eigenvalue weighted by Gasteiger charge is -2.16. The monoisotopic (exact) mass is 433 g/mol. The van der Waals surface area contributed by atoms with E-state index < -0.39 is 5.92 Å². The summed E-state index contributed by atoms with van der Waals surface area (Å²) in [5, 5.41) is 2.79. The molecule has 2 saturated heterocycles. The molecule has 0 saturated carbocycles. The van der Waals surface area contributed by atoms with Crippen molar-refractivity contribution >= 4 is 29.3 Å². The lowest BCUT2D eigenvalue weighted by Crippen LogP contribution is -2.33. The first-order chi connectivity index (χ1) is 15.5. The van der Waals surface area contributed by atoms with Crippen LogP contribution in [0, 0.1) is 17.8 Å². The summed E-state index contributed by atoms with van der Waals surface area (Å²) in [6, 6.07) is 14.4. The van der Waals surface area contributed by atoms with Gasteiger partial charge in [0, 0.05) is 29.9 Å². The summed E-state index contributed by atoms with van der Waals surface area (Å²) in [5.74, 6) is 5.94. The molecule has 2 fully saturated rings. The molecular weight excluding hydrogens is 410 g/mol. The van der Waals surface area contributed by atoms with Gasteiger partial charge < -0.3 is 19.7 Å². The van der Waals surface area contributed by atoms with Gasteiger partial charge in [-0.2, -0.15) is 0 Å². The van der Waals surface area contributed by atoms with E-state index in [1.807, 2.05) is 24.3 Å². The van der Waals surface area contributed by atoms with Crippen molar-refractivity contribution in [3.05, 3.63) is 54.1 Å². The zero-order valence-corrected chi connectivity index (χ0v) is 17.7. The summed E-state index contributed by atoms with van der Waals surface area (Å²) in [5.41, 5.74) is 2.28. The second kappa shape index (κ2) is 9.43. The highest BCUT2D eigenvalue weighted by atomic mass is 16.6. The quantitative estimate of drug-likeness (QED) is 0.731. The Morgan fingerprint density at radius 1 is 1.09 bits per heavy atom. The fourth-order valence-electron chi connectivity index (χ4n) is 3.67. The molecule has 0 spiro atoms. The van der Waals surface area contributed by atoms with E-state index in [1.54, 1.807) is 41.2 Å². The maximum Gasteiger partial charge on any atom is 0.414 e. The number of hydrogen-bond acceptors (Lipinski definition) is 5. The normalized spacial score (nSPS) is 17.6. The van der Waals surface area contributed by atoms with E-state index in [0.29, 0.717) is 25.4 Å². The molecule has 2 aliphatic rings. The van der Waals surface area contributed by atoms with Crippen LogP contribution in [-0.4, -0.2) is 51.3 Å². The minimum absolute atomic E-state index is 0.0802. The number of carbonyl (C=O) groups excluding carboxylic acids is 3. The fraction of sp³-hybridized carbons (Fsp3) is 0.292. The third-order valence-electron chi connectivity index (χ3n) is 5.40. The van der Waals surface area contributed by atoms with Crippen molar-refractivity contribution in [1.82, 2.24) is 5.32 Å². The molecule has 2 heterocycles. The standard InChI is InChI=1S/C24H23N3O5/c1-31-21-10-8-20(9-11-21)27-16-18(15-22(27)28)23(29)25-12-2-3-17-4-6-19(7-5-17)26-13-14-32-24(26)30/h4-11,18H,12-16H2,1H3,(H,25,29). The molecule has 32 heavy (non-hydrogen) atoms. The summed E-state index contributed by atoms with van der Waals surface area (Å²) in [7, 11) is 1.58. The van der Waals surface area contributed by atoms with Gasteiger partial charge in [-0.25, -0.2) is 4.79 Å². The van der Waals surface area contributed by atoms with E-state index in [1.165, 1.54) is 0 Å². The Morgan fingerprint density at radius 3 is 2.44 bits per heavy atom. The molecule has 8 nitrogen and oxygen atoms in total. The highest BCUT2D eigenvalue weighted by Gasteiger charge is 2.34. The van der Waals surface area contributed by atoms with E-state index in [-0.39, 0.29) is 30.9 Å². The Bertz CT molecular complexity index is 1070. The Morgan fingerprint density at radius 2 is 1.78 bits per heavy atom. The van der Waals surface area contributed by atoms with Crippen molar-refractivity contribution < 1.29 is 23.9 Å². The number of amides is 3. The van der Waals surface area contributed by atoms with Crippen LogP contribution in [0.5, 0.6) is 5.75 Å². The van der Waals surface area contributed by atoms with E-state index in [0.717, 1.165) is 16.9 Å². The summed E-state index contributed by atoms with van der Waals surface area (Å²) < 4.78 is 10.1. The van der Waals surface area contributed by atoms with Crippen LogP contribution in [0.25, 0.3) is 0 Å². The molecule has 0 bridgehead atoms. The van der Waals surface area contributed by atoms with E-state index >= 15 is 0 Å². The van der Waals surface area contributed by atoms with Gasteiger partial charge in [0.2, 0.25) is 11.8 Å². The van der Waals surface area contributed by atoms with Crippen LogP contribution in [0.4, 0.5) is 16.2 Å². The number of hydrogen-bond donors (Lipinski definition) is 1. The zero-order chi connectivity index (χ0) is 22.5. The summed E-state index contributed by atoms with van der Waals surface area (Å²) in [6.07, 6.45) is -0.173. The maximum absolute atomic E-state index is 12.5. The average molecular weight is 433 g/mol. The minimum Gasteiger partial charge on any atom is -0.497 e. The van der Waals surface area contributed by atoms with Crippen molar-refractivity contribution in [2.24, 2.45) is 5.92 Å². The number of nitrogens with zero attached hydrogens (tertiary/aromatic N) is 2. The van der Waals surface area contributed by atoms with Gasteiger partial charge >= 0.3 is 6.09 Å². The van der Waals surface area contributed by atoms with Crippen molar-refractivity contribution in [3.8, 4) is 17.6 Å². The molecule has 2 aliphatic heterocycles. The largest absolute Gasteiger partial charge is 0.497 e. The van der Waals surface area contributed by atoms with Crippen LogP contribution in [0.2, 0.25) is 0 Å². The van der Waals surface area contributed by atoms with Crippen molar-refractivity contribution in [1.29, 1.82) is 0 Å². The zero-order valence-electron chi connectivity index (χ0n) is 17.7. The van der Waals surface area contributed by atoms with Crippen LogP contribution in [0.15, 0.2) is 48.5 Å². The van der Waals surface area contributed by atoms with Crippen LogP contribution in [-0.2, 0) is 14.3 Å². The molecule has 0 aromatic heterocycles. The highest BCUT2D eigenvalue weighted by molar-refractivity contribution is 6.00. The minimum atomic E-state index is -0.411. The molecule has 2 aromatic rings. The van der Waals surface area contributed by atoms with Crippen LogP contribution >= 0.6 is 0 Å². The number of carbonyl (C=O) groups is 3. The third kappa shape index (κ3) is 4.67. The highest BCUT2D eigenvalue weighted by Crippen LogP contribution is 2.27. The van der Waals surface area contributed by atoms with Gasteiger partial charge in [-0.1, -0.05) is 11.8 Å². The van der Waals surface area contributed by atoms with Gasteiger partial charge in [0.05, 0.1) is 26.1 Å². The lowest BCUT2D eigenvalue weighted by molar-refractivity contribution is -0.126. The van der Waals surface area contributed by atoms with E-state index in [9.17, 15) is 14.4 Å². The first-order valence-corrected chi connectivity index (χ1v) is 10.3. The van der Waals surface area contributed by atoms with Gasteiger partial charge in [-0.15, -0.1) is 0 Å². The third-order valence-corrected chi connectivity index (χ3v) is 5.40. The second-order valence-electron chi connectivity index (χ2n) is 7.44. The molecule has 0 aliphatic carbocycles. The van der Waals surface area contributed by atoms with E-state index in [4.69, 9.17) is 9.47 Å². The molecule has 8 heteroatoms. The number of cyclic esters (lactones) is 1. The molecule has 164 valence electrons. The van der Waals surface area contributed by atoms with Crippen LogP contribution in [0.1, 0.15) is 12.0 Å². The maximum atomic E-state index is 12.5. The van der Waals surface area contributed by atoms with Gasteiger partial charge in [0.25, 0.3) is 0 Å². The lowest BCUT2D eigenvalue weighted by atomic mass is 10.1. The molecule has 2 aromatic carbocycles. The summed E-state index contributed by atoms with van der Waals surface area (Å²) in [4.78, 5) is 39.6. The Labute approximate surface area is 186 Å². The van der Waals surface area contributed by atoms with Crippen molar-refractivity contribution in [3.63, 3.8) is 0 Å². The average Bonchev–Trinajstić information content (AvgIpc) is 3.42. The molecule has 4 rings (SSSR count). The van der Waals surface area contributed by atoms with Gasteiger partial charge in [-0.05, 0) is 48.5 Å². The number of methoxy groups -OCH3 is 1. The number of ether oxygens (including phenoxy) is 2. The number of benzene rings is 2. The van der Waals surface area contributed by atoms with Crippen molar-refractivity contribution in [2.45, 2.75) is 6.42 Å². The smallest absolute Gasteiger partial charge is 0.414 e. The van der Waals surface area contributed by atoms with Crippen LogP contribution < -0.4 is 19.9 Å². The Hall–Kier alpha value is -3.99. The SMILES string of the molecule is COc1ccc(N2CC(C(=O)NCC#Cc3ccc(N4CCOC4=O)cc3)CC2=O)cc1. The second-order valence-corrected chi connectivity index (χ2v) is 7.44. The molecule has 1 N–H and O–H groups in total. The van der Waals surface area contributed by atoms with Crippen molar-refractivity contribution in [2.75, 3.05) is 43.2 Å². The number of rotatable bonds is 5. The predicted octanol–water partition coefficient (Wildman–Crippen LogP) is 2.17. The van der Waals surface area contributed by atoms with Crippen LogP contribution in [0.3, 0.4) is 0 Å². The van der Waals surface area contributed by atoms with E-state index in [2.05, 4.69) is 17.2 Å². The van der Waals surface area contributed by atoms with Gasteiger partial charge in [0.1, 0.15) is 12.4 Å². The van der Waals surface area contributed by atoms with Gasteiger partial charge in [0.15, 0.2) is 0 Å². The first kappa shape index (κ1) is 21.2. The Balaban J connectivity index is 1.28. The summed E-state index contributed by atoms with van der Waals surface area (Å²) >= 11 is 0. The number of nitrogens with one attached hydrogen (secondary N) is 1. The predicted molar refractivity (Wildman–Crippen MR) is 118 cm³/mol. The number of anilines is 2. The van der Waals surface area contributed by atoms with Gasteiger partial charge in [-0.3, -0.25) is 14.5 Å². The molecule has 1 atom stereocenters. The molecule has 0 radical (unpaired) electrons. The molecule has 1 unspecified atom stereocenters. The first-order valence-electron chi connectivity index (χ1n) is 10.3. The summed E-state index contributed by atoms with van der Waals surface area (Å²) in [6.45, 7) is 1.46. The topological polar surface area (TPSA) is 88.2 Å². The Kier molecular flexibility index (Phi) is 6.26.